The van der Waals surface area contributed by atoms with Crippen LogP contribution in [0.15, 0.2) is 24.3 Å². The first kappa shape index (κ1) is 15.2. The zero-order valence-electron chi connectivity index (χ0n) is 11.9. The third kappa shape index (κ3) is 4.17. The number of carbonyl (C=O) groups is 1. The van der Waals surface area contributed by atoms with Gasteiger partial charge in [-0.15, -0.1) is 0 Å². The standard InChI is InChI=1S/C16H22O3S/c1-12-5-4-8-15(9-12)20(19)11-14-7-3-2-6-13(14)10-16(17)18/h2-3,6-7,12,15H,4-5,8-11H2,1H3,(H,17,18). The van der Waals surface area contributed by atoms with Gasteiger partial charge in [-0.05, 0) is 29.9 Å². The van der Waals surface area contributed by atoms with E-state index >= 15 is 0 Å². The normalized spacial score (nSPS) is 24.2. The molecule has 3 unspecified atom stereocenters. The molecule has 0 heterocycles. The summed E-state index contributed by atoms with van der Waals surface area (Å²) in [6.45, 7) is 2.22. The van der Waals surface area contributed by atoms with Crippen LogP contribution in [0.1, 0.15) is 43.7 Å². The van der Waals surface area contributed by atoms with Gasteiger partial charge in [-0.3, -0.25) is 9.00 Å². The monoisotopic (exact) mass is 294 g/mol. The molecule has 0 bridgehead atoms. The van der Waals surface area contributed by atoms with Gasteiger partial charge in [0.2, 0.25) is 0 Å². The summed E-state index contributed by atoms with van der Waals surface area (Å²) >= 11 is 0. The van der Waals surface area contributed by atoms with E-state index < -0.39 is 16.8 Å². The molecule has 1 fully saturated rings. The minimum Gasteiger partial charge on any atom is -0.481 e. The molecule has 0 radical (unpaired) electrons. The minimum absolute atomic E-state index is 0.00838. The van der Waals surface area contributed by atoms with Gasteiger partial charge in [0.05, 0.1) is 6.42 Å². The Kier molecular flexibility index (Phi) is 5.35. The quantitative estimate of drug-likeness (QED) is 0.907. The Morgan fingerprint density at radius 3 is 2.65 bits per heavy atom. The molecule has 110 valence electrons. The molecule has 0 saturated heterocycles. The van der Waals surface area contributed by atoms with Crippen LogP contribution in [0.5, 0.6) is 0 Å². The van der Waals surface area contributed by atoms with E-state index in [-0.39, 0.29) is 11.7 Å². The summed E-state index contributed by atoms with van der Waals surface area (Å²) in [6, 6.07) is 7.46. The van der Waals surface area contributed by atoms with Crippen molar-refractivity contribution in [2.24, 2.45) is 5.92 Å². The van der Waals surface area contributed by atoms with Gasteiger partial charge in [0.25, 0.3) is 0 Å². The molecule has 1 aromatic rings. The number of benzene rings is 1. The SMILES string of the molecule is CC1CCCC(S(=O)Cc2ccccc2CC(=O)O)C1. The number of hydrogen-bond acceptors (Lipinski definition) is 2. The van der Waals surface area contributed by atoms with Crippen molar-refractivity contribution in [2.75, 3.05) is 0 Å². The maximum absolute atomic E-state index is 12.5. The molecule has 0 aliphatic heterocycles. The van der Waals surface area contributed by atoms with Crippen molar-refractivity contribution >= 4 is 16.8 Å². The van der Waals surface area contributed by atoms with Gasteiger partial charge in [-0.1, -0.05) is 44.0 Å². The first-order chi connectivity index (χ1) is 9.56. The highest BCUT2D eigenvalue weighted by atomic mass is 32.2. The molecule has 2 rings (SSSR count). The van der Waals surface area contributed by atoms with Gasteiger partial charge >= 0.3 is 5.97 Å². The van der Waals surface area contributed by atoms with E-state index in [0.29, 0.717) is 11.7 Å². The Labute approximate surface area is 122 Å². The second-order valence-corrected chi connectivity index (χ2v) is 7.47. The fourth-order valence-electron chi connectivity index (χ4n) is 2.92. The smallest absolute Gasteiger partial charge is 0.307 e. The van der Waals surface area contributed by atoms with Crippen molar-refractivity contribution < 1.29 is 14.1 Å². The molecular weight excluding hydrogens is 272 g/mol. The van der Waals surface area contributed by atoms with Gasteiger partial charge in [0.15, 0.2) is 0 Å². The number of rotatable bonds is 5. The predicted octanol–water partition coefficient (Wildman–Crippen LogP) is 3.14. The molecule has 1 aromatic carbocycles. The summed E-state index contributed by atoms with van der Waals surface area (Å²) in [4.78, 5) is 10.9. The van der Waals surface area contributed by atoms with E-state index in [1.807, 2.05) is 24.3 Å². The fourth-order valence-corrected chi connectivity index (χ4v) is 4.72. The lowest BCUT2D eigenvalue weighted by atomic mass is 9.91. The average Bonchev–Trinajstić information content (AvgIpc) is 2.40. The molecule has 3 atom stereocenters. The van der Waals surface area contributed by atoms with Gasteiger partial charge < -0.3 is 5.11 Å². The van der Waals surface area contributed by atoms with E-state index in [0.717, 1.165) is 30.4 Å². The summed E-state index contributed by atoms with van der Waals surface area (Å²) in [5.74, 6) is 0.308. The second-order valence-electron chi connectivity index (χ2n) is 5.76. The molecule has 0 amide bonds. The van der Waals surface area contributed by atoms with Crippen LogP contribution in [0.3, 0.4) is 0 Å². The van der Waals surface area contributed by atoms with E-state index in [2.05, 4.69) is 6.92 Å². The molecule has 4 heteroatoms. The number of aliphatic carboxylic acids is 1. The van der Waals surface area contributed by atoms with Crippen LogP contribution in [0.25, 0.3) is 0 Å². The highest BCUT2D eigenvalue weighted by Gasteiger charge is 2.24. The van der Waals surface area contributed by atoms with Gasteiger partial charge in [-0.25, -0.2) is 0 Å². The van der Waals surface area contributed by atoms with Crippen molar-refractivity contribution in [1.29, 1.82) is 0 Å². The molecule has 3 nitrogen and oxygen atoms in total. The van der Waals surface area contributed by atoms with Crippen LogP contribution < -0.4 is 0 Å². The van der Waals surface area contributed by atoms with Crippen molar-refractivity contribution in [3.05, 3.63) is 35.4 Å². The fraction of sp³-hybridized carbons (Fsp3) is 0.562. The van der Waals surface area contributed by atoms with Crippen molar-refractivity contribution in [3.8, 4) is 0 Å². The van der Waals surface area contributed by atoms with Crippen LogP contribution in [0.4, 0.5) is 0 Å². The summed E-state index contributed by atoms with van der Waals surface area (Å²) < 4.78 is 12.5. The maximum atomic E-state index is 12.5. The van der Waals surface area contributed by atoms with Crippen LogP contribution in [0, 0.1) is 5.92 Å². The maximum Gasteiger partial charge on any atom is 0.307 e. The zero-order valence-corrected chi connectivity index (χ0v) is 12.7. The largest absolute Gasteiger partial charge is 0.481 e. The number of carboxylic acid groups (broad SMARTS) is 1. The lowest BCUT2D eigenvalue weighted by Gasteiger charge is -2.26. The van der Waals surface area contributed by atoms with Crippen molar-refractivity contribution in [3.63, 3.8) is 0 Å². The number of hydrogen-bond donors (Lipinski definition) is 1. The molecule has 20 heavy (non-hydrogen) atoms. The topological polar surface area (TPSA) is 54.4 Å². The summed E-state index contributed by atoms with van der Waals surface area (Å²) in [7, 11) is -0.896. The Bertz CT molecular complexity index is 498. The molecule has 1 saturated carbocycles. The van der Waals surface area contributed by atoms with Crippen LogP contribution >= 0.6 is 0 Å². The average molecular weight is 294 g/mol. The Morgan fingerprint density at radius 2 is 2.00 bits per heavy atom. The van der Waals surface area contributed by atoms with Crippen LogP contribution in [-0.4, -0.2) is 20.5 Å². The zero-order chi connectivity index (χ0) is 14.5. The van der Waals surface area contributed by atoms with E-state index in [4.69, 9.17) is 5.11 Å². The van der Waals surface area contributed by atoms with Gasteiger partial charge in [-0.2, -0.15) is 0 Å². The molecule has 0 aromatic heterocycles. The Hall–Kier alpha value is -1.16. The highest BCUT2D eigenvalue weighted by Crippen LogP contribution is 2.28. The first-order valence-corrected chi connectivity index (χ1v) is 8.60. The third-order valence-electron chi connectivity index (χ3n) is 4.02. The van der Waals surface area contributed by atoms with E-state index in [1.165, 1.54) is 6.42 Å². The minimum atomic E-state index is -0.896. The van der Waals surface area contributed by atoms with Crippen molar-refractivity contribution in [2.45, 2.75) is 50.0 Å². The van der Waals surface area contributed by atoms with E-state index in [1.54, 1.807) is 0 Å². The van der Waals surface area contributed by atoms with Gasteiger partial charge in [0, 0.05) is 21.8 Å². The molecule has 0 spiro atoms. The number of carboxylic acids is 1. The van der Waals surface area contributed by atoms with Crippen molar-refractivity contribution in [1.82, 2.24) is 0 Å². The molecule has 1 N–H and O–H groups in total. The van der Waals surface area contributed by atoms with Crippen LogP contribution in [0.2, 0.25) is 0 Å². The molecule has 1 aliphatic rings. The lowest BCUT2D eigenvalue weighted by molar-refractivity contribution is -0.136. The van der Waals surface area contributed by atoms with Crippen LogP contribution in [-0.2, 0) is 27.8 Å². The third-order valence-corrected chi connectivity index (χ3v) is 5.79. The Morgan fingerprint density at radius 1 is 1.30 bits per heavy atom. The summed E-state index contributed by atoms with van der Waals surface area (Å²) in [5.41, 5.74) is 1.71. The first-order valence-electron chi connectivity index (χ1n) is 7.22. The lowest BCUT2D eigenvalue weighted by Crippen LogP contribution is -2.24. The second kappa shape index (κ2) is 7.02. The molecular formula is C16H22O3S. The molecule has 1 aliphatic carbocycles. The van der Waals surface area contributed by atoms with E-state index in [9.17, 15) is 9.00 Å². The summed E-state index contributed by atoms with van der Waals surface area (Å²) in [5, 5.41) is 9.21. The Balaban J connectivity index is 2.05. The highest BCUT2D eigenvalue weighted by molar-refractivity contribution is 7.84. The van der Waals surface area contributed by atoms with Gasteiger partial charge in [0.1, 0.15) is 0 Å². The summed E-state index contributed by atoms with van der Waals surface area (Å²) in [6.07, 6.45) is 4.48. The predicted molar refractivity (Wildman–Crippen MR) is 81.0 cm³/mol.